The van der Waals surface area contributed by atoms with Gasteiger partial charge in [0.2, 0.25) is 0 Å². The van der Waals surface area contributed by atoms with Crippen LogP contribution in [-0.2, 0) is 6.54 Å². The van der Waals surface area contributed by atoms with Crippen LogP contribution in [0.25, 0.3) is 17.2 Å². The molecule has 4 aromatic rings. The van der Waals surface area contributed by atoms with Gasteiger partial charge < -0.3 is 19.2 Å². The number of nitrogens with zero attached hydrogens (tertiary/aromatic N) is 6. The van der Waals surface area contributed by atoms with Gasteiger partial charge >= 0.3 is 0 Å². The topological polar surface area (TPSA) is 99.8 Å². The van der Waals surface area contributed by atoms with E-state index in [1.165, 1.54) is 23.0 Å². The fourth-order valence-corrected chi connectivity index (χ4v) is 3.79. The minimum absolute atomic E-state index is 0.177. The zero-order valence-electron chi connectivity index (χ0n) is 18.2. The quantitative estimate of drug-likeness (QED) is 0.478. The van der Waals surface area contributed by atoms with E-state index in [0.717, 1.165) is 5.69 Å². The highest BCUT2D eigenvalue weighted by Gasteiger charge is 2.21. The molecule has 1 aromatic carbocycles. The molecule has 1 amide bonds. The van der Waals surface area contributed by atoms with E-state index < -0.39 is 11.7 Å². The zero-order valence-corrected chi connectivity index (χ0v) is 18.2. The van der Waals surface area contributed by atoms with Crippen molar-refractivity contribution in [3.63, 3.8) is 0 Å². The third-order valence-electron chi connectivity index (χ3n) is 5.50. The molecule has 10 heteroatoms. The number of pyridine rings is 1. The van der Waals surface area contributed by atoms with E-state index in [1.54, 1.807) is 24.7 Å². The SMILES string of the molecule is Cc1cn(-c2cc3c(cc2F)OCC[C@H](C)Cn2cnnc2-c2cccc(n2)NC3=O)cn1. The number of fused-ring (bicyclic) bond motifs is 5. The standard InChI is InChI=1S/C23H22FN7O2/c1-14-6-7-33-20-9-17(24)19(30-11-15(2)25-12-30)8-16(20)23(32)28-21-5-3-4-18(27-21)22-29-26-13-31(22)10-14/h3-5,8-9,11-14H,6-7,10H2,1-2H3,(H,27,28,32)/t14-/m0/s1. The van der Waals surface area contributed by atoms with Gasteiger partial charge in [-0.15, -0.1) is 10.2 Å². The summed E-state index contributed by atoms with van der Waals surface area (Å²) in [6.07, 6.45) is 5.55. The van der Waals surface area contributed by atoms with Crippen molar-refractivity contribution in [3.8, 4) is 23.0 Å². The first-order chi connectivity index (χ1) is 16.0. The molecule has 0 radical (unpaired) electrons. The van der Waals surface area contributed by atoms with Gasteiger partial charge in [-0.05, 0) is 37.5 Å². The molecule has 0 aliphatic carbocycles. The number of halogens is 1. The Morgan fingerprint density at radius 2 is 2.12 bits per heavy atom. The van der Waals surface area contributed by atoms with Crippen molar-refractivity contribution in [3.05, 3.63) is 66.3 Å². The highest BCUT2D eigenvalue weighted by atomic mass is 19.1. The van der Waals surface area contributed by atoms with Crippen molar-refractivity contribution in [2.24, 2.45) is 5.92 Å². The smallest absolute Gasteiger partial charge is 0.260 e. The number of imidazole rings is 1. The number of amides is 1. The van der Waals surface area contributed by atoms with Gasteiger partial charge in [0, 0.05) is 18.8 Å². The number of aromatic nitrogens is 6. The lowest BCUT2D eigenvalue weighted by Crippen LogP contribution is -2.18. The third-order valence-corrected chi connectivity index (χ3v) is 5.50. The molecule has 1 N–H and O–H groups in total. The molecule has 9 nitrogen and oxygen atoms in total. The van der Waals surface area contributed by atoms with Gasteiger partial charge in [-0.1, -0.05) is 13.0 Å². The summed E-state index contributed by atoms with van der Waals surface area (Å²) in [7, 11) is 0. The summed E-state index contributed by atoms with van der Waals surface area (Å²) in [5.74, 6) is 0.391. The van der Waals surface area contributed by atoms with Gasteiger partial charge in [0.1, 0.15) is 23.6 Å². The number of nitrogens with one attached hydrogen (secondary N) is 1. The van der Waals surface area contributed by atoms with E-state index in [2.05, 4.69) is 32.4 Å². The minimum atomic E-state index is -0.512. The van der Waals surface area contributed by atoms with Crippen LogP contribution >= 0.6 is 0 Å². The number of benzene rings is 1. The van der Waals surface area contributed by atoms with Gasteiger partial charge in [0.15, 0.2) is 11.6 Å². The van der Waals surface area contributed by atoms with E-state index in [0.29, 0.717) is 36.9 Å². The zero-order chi connectivity index (χ0) is 22.9. The van der Waals surface area contributed by atoms with E-state index >= 15 is 0 Å². The Balaban J connectivity index is 1.58. The lowest BCUT2D eigenvalue weighted by molar-refractivity contribution is 0.102. The van der Waals surface area contributed by atoms with Crippen molar-refractivity contribution in [2.45, 2.75) is 26.8 Å². The summed E-state index contributed by atoms with van der Waals surface area (Å²) in [4.78, 5) is 21.9. The molecule has 4 heterocycles. The molecule has 2 bridgehead atoms. The number of anilines is 1. The van der Waals surface area contributed by atoms with E-state index in [9.17, 15) is 9.18 Å². The monoisotopic (exact) mass is 447 g/mol. The number of aryl methyl sites for hydroxylation is 1. The van der Waals surface area contributed by atoms with Crippen molar-refractivity contribution < 1.29 is 13.9 Å². The Kier molecular flexibility index (Phi) is 5.33. The van der Waals surface area contributed by atoms with E-state index in [4.69, 9.17) is 4.74 Å². The van der Waals surface area contributed by atoms with Crippen LogP contribution in [0.3, 0.4) is 0 Å². The summed E-state index contributed by atoms with van der Waals surface area (Å²) < 4.78 is 24.3. The first-order valence-electron chi connectivity index (χ1n) is 10.6. The molecular weight excluding hydrogens is 425 g/mol. The second kappa shape index (κ2) is 8.45. The maximum absolute atomic E-state index is 15.0. The van der Waals surface area contributed by atoms with E-state index in [1.807, 2.05) is 17.6 Å². The van der Waals surface area contributed by atoms with Gasteiger partial charge in [-0.25, -0.2) is 14.4 Å². The maximum atomic E-state index is 15.0. The van der Waals surface area contributed by atoms with Crippen molar-refractivity contribution in [1.29, 1.82) is 0 Å². The molecule has 0 saturated heterocycles. The number of ether oxygens (including phenoxy) is 1. The molecule has 5 rings (SSSR count). The molecule has 0 spiro atoms. The average molecular weight is 447 g/mol. The van der Waals surface area contributed by atoms with Crippen molar-refractivity contribution in [1.82, 2.24) is 29.3 Å². The number of rotatable bonds is 1. The van der Waals surface area contributed by atoms with Gasteiger partial charge in [-0.3, -0.25) is 4.79 Å². The molecular formula is C23H22FN7O2. The summed E-state index contributed by atoms with van der Waals surface area (Å²) in [5, 5.41) is 11.0. The number of carbonyl (C=O) groups is 1. The molecule has 1 aliphatic heterocycles. The number of carbonyl (C=O) groups excluding carboxylic acids is 1. The molecule has 168 valence electrons. The Labute approximate surface area is 189 Å². The fraction of sp³-hybridized carbons (Fsp3) is 0.261. The Hall–Kier alpha value is -4.08. The Morgan fingerprint density at radius 3 is 2.94 bits per heavy atom. The molecule has 1 aliphatic rings. The first kappa shape index (κ1) is 20.8. The van der Waals surface area contributed by atoms with Crippen LogP contribution in [0.5, 0.6) is 5.75 Å². The van der Waals surface area contributed by atoms with Crippen LogP contribution in [0.15, 0.2) is 49.2 Å². The molecule has 33 heavy (non-hydrogen) atoms. The molecule has 1 atom stereocenters. The molecule has 3 aromatic heterocycles. The van der Waals surface area contributed by atoms with Crippen LogP contribution in [0.2, 0.25) is 0 Å². The minimum Gasteiger partial charge on any atom is -0.493 e. The van der Waals surface area contributed by atoms with Crippen LogP contribution in [0.4, 0.5) is 10.2 Å². The maximum Gasteiger partial charge on any atom is 0.260 e. The van der Waals surface area contributed by atoms with E-state index in [-0.39, 0.29) is 22.9 Å². The van der Waals surface area contributed by atoms with Crippen LogP contribution in [-0.4, -0.2) is 41.8 Å². The lowest BCUT2D eigenvalue weighted by atomic mass is 10.1. The largest absolute Gasteiger partial charge is 0.493 e. The van der Waals surface area contributed by atoms with Gasteiger partial charge in [0.25, 0.3) is 5.91 Å². The highest BCUT2D eigenvalue weighted by Crippen LogP contribution is 2.28. The summed E-state index contributed by atoms with van der Waals surface area (Å²) in [5.41, 5.74) is 1.74. The first-order valence-corrected chi connectivity index (χ1v) is 10.6. The second-order valence-corrected chi connectivity index (χ2v) is 8.13. The second-order valence-electron chi connectivity index (χ2n) is 8.13. The predicted octanol–water partition coefficient (Wildman–Crippen LogP) is 3.64. The molecule has 0 unspecified atom stereocenters. The summed E-state index contributed by atoms with van der Waals surface area (Å²) in [6.45, 7) is 4.89. The number of hydrogen-bond donors (Lipinski definition) is 1. The van der Waals surface area contributed by atoms with Crippen LogP contribution in [0.1, 0.15) is 29.4 Å². The third kappa shape index (κ3) is 4.19. The van der Waals surface area contributed by atoms with Gasteiger partial charge in [-0.2, -0.15) is 0 Å². The normalized spacial score (nSPS) is 16.2. The van der Waals surface area contributed by atoms with Crippen molar-refractivity contribution in [2.75, 3.05) is 11.9 Å². The summed E-state index contributed by atoms with van der Waals surface area (Å²) in [6, 6.07) is 8.00. The fourth-order valence-electron chi connectivity index (χ4n) is 3.79. The van der Waals surface area contributed by atoms with Crippen molar-refractivity contribution >= 4 is 11.7 Å². The number of hydrogen-bond acceptors (Lipinski definition) is 6. The molecule has 0 saturated carbocycles. The Morgan fingerprint density at radius 1 is 1.24 bits per heavy atom. The van der Waals surface area contributed by atoms with Gasteiger partial charge in [0.05, 0.1) is 29.9 Å². The lowest BCUT2D eigenvalue weighted by Gasteiger charge is -2.18. The molecule has 0 fully saturated rings. The Bertz CT molecular complexity index is 1330. The summed E-state index contributed by atoms with van der Waals surface area (Å²) >= 11 is 0. The van der Waals surface area contributed by atoms with Crippen LogP contribution < -0.4 is 10.1 Å². The predicted molar refractivity (Wildman–Crippen MR) is 119 cm³/mol. The average Bonchev–Trinajstić information content (AvgIpc) is 3.42. The highest BCUT2D eigenvalue weighted by molar-refractivity contribution is 6.06. The van der Waals surface area contributed by atoms with Crippen LogP contribution in [0, 0.1) is 18.7 Å².